The Kier molecular flexibility index (Phi) is 8.26. The predicted molar refractivity (Wildman–Crippen MR) is 137 cm³/mol. The number of hydrogen-bond acceptors (Lipinski definition) is 5. The van der Waals surface area contributed by atoms with Crippen molar-refractivity contribution in [3.8, 4) is 11.4 Å². The first-order chi connectivity index (χ1) is 16.9. The van der Waals surface area contributed by atoms with Crippen molar-refractivity contribution >= 4 is 29.7 Å². The van der Waals surface area contributed by atoms with Crippen LogP contribution in [0.25, 0.3) is 23.5 Å². The lowest BCUT2D eigenvalue weighted by atomic mass is 10.0. The van der Waals surface area contributed by atoms with Crippen molar-refractivity contribution in [1.29, 1.82) is 0 Å². The summed E-state index contributed by atoms with van der Waals surface area (Å²) < 4.78 is 19.0. The number of carbonyl (C=O) groups excluding carboxylic acids is 1. The highest BCUT2D eigenvalue weighted by atomic mass is 35.5. The molecule has 1 unspecified atom stereocenters. The van der Waals surface area contributed by atoms with Gasteiger partial charge in [0.25, 0.3) is 0 Å². The number of rotatable bonds is 8. The van der Waals surface area contributed by atoms with E-state index in [0.29, 0.717) is 29.4 Å². The lowest BCUT2D eigenvalue weighted by Crippen LogP contribution is -2.35. The van der Waals surface area contributed by atoms with Crippen LogP contribution >= 0.6 is 11.6 Å². The van der Waals surface area contributed by atoms with E-state index in [4.69, 9.17) is 21.3 Å². The summed E-state index contributed by atoms with van der Waals surface area (Å²) in [6.07, 6.45) is 6.80. The third kappa shape index (κ3) is 6.74. The number of halogens is 2. The maximum atomic E-state index is 14.0. The molecule has 1 aromatic heterocycles. The third-order valence-corrected chi connectivity index (χ3v) is 6.23. The van der Waals surface area contributed by atoms with Crippen LogP contribution in [0, 0.1) is 11.7 Å². The molecule has 35 heavy (non-hydrogen) atoms. The molecule has 2 heterocycles. The molecule has 5 nitrogen and oxygen atoms in total. The van der Waals surface area contributed by atoms with Crippen LogP contribution in [-0.4, -0.2) is 40.5 Å². The first-order valence-corrected chi connectivity index (χ1v) is 12.3. The van der Waals surface area contributed by atoms with E-state index < -0.39 is 0 Å². The molecule has 1 aliphatic heterocycles. The fourth-order valence-corrected chi connectivity index (χ4v) is 4.40. The molecule has 1 aliphatic rings. The first-order valence-electron chi connectivity index (χ1n) is 11.9. The molecule has 7 heteroatoms. The fourth-order valence-electron chi connectivity index (χ4n) is 4.25. The average molecular weight is 494 g/mol. The van der Waals surface area contributed by atoms with Gasteiger partial charge in [-0.2, -0.15) is 0 Å². The summed E-state index contributed by atoms with van der Waals surface area (Å²) >= 11 is 5.81. The van der Waals surface area contributed by atoms with Gasteiger partial charge in [-0.15, -0.1) is 0 Å². The van der Waals surface area contributed by atoms with Gasteiger partial charge in [-0.1, -0.05) is 61.0 Å². The van der Waals surface area contributed by atoms with E-state index >= 15 is 0 Å². The molecule has 4 rings (SSSR count). The normalized spacial score (nSPS) is 14.6. The minimum atomic E-state index is -0.347. The summed E-state index contributed by atoms with van der Waals surface area (Å²) in [5.41, 5.74) is 4.59. The Morgan fingerprint density at radius 3 is 2.77 bits per heavy atom. The van der Waals surface area contributed by atoms with Crippen molar-refractivity contribution in [1.82, 2.24) is 14.9 Å². The Hall–Kier alpha value is -3.09. The van der Waals surface area contributed by atoms with Gasteiger partial charge in [0.2, 0.25) is 0 Å². The maximum absolute atomic E-state index is 14.0. The molecule has 0 fully saturated rings. The first kappa shape index (κ1) is 25.0. The second kappa shape index (κ2) is 11.6. The van der Waals surface area contributed by atoms with Gasteiger partial charge in [-0.3, -0.25) is 9.69 Å². The van der Waals surface area contributed by atoms with Crippen LogP contribution in [0.5, 0.6) is 0 Å². The summed E-state index contributed by atoms with van der Waals surface area (Å²) in [6, 6.07) is 12.5. The van der Waals surface area contributed by atoms with Crippen molar-refractivity contribution in [3.63, 3.8) is 0 Å². The summed E-state index contributed by atoms with van der Waals surface area (Å²) in [5.74, 6) is 0.454. The molecule has 0 spiro atoms. The van der Waals surface area contributed by atoms with Crippen LogP contribution in [-0.2, 0) is 22.5 Å². The SMILES string of the molecule is CCOC(=O)CC(C)CN1CCc2nc(-c3ccc(C=Cc4ccc(Cl)cc4F)cc3)ncc2C1. The van der Waals surface area contributed by atoms with Gasteiger partial charge in [0.15, 0.2) is 5.82 Å². The summed E-state index contributed by atoms with van der Waals surface area (Å²) in [7, 11) is 0. The van der Waals surface area contributed by atoms with Crippen LogP contribution in [0.4, 0.5) is 4.39 Å². The zero-order chi connectivity index (χ0) is 24.8. The van der Waals surface area contributed by atoms with Crippen molar-refractivity contribution in [2.24, 2.45) is 5.92 Å². The van der Waals surface area contributed by atoms with Crippen molar-refractivity contribution in [3.05, 3.63) is 81.9 Å². The number of fused-ring (bicyclic) bond motifs is 1. The second-order valence-corrected chi connectivity index (χ2v) is 9.32. The number of hydrogen-bond donors (Lipinski definition) is 0. The van der Waals surface area contributed by atoms with E-state index in [2.05, 4.69) is 16.8 Å². The molecular formula is C28H29ClFN3O2. The van der Waals surface area contributed by atoms with Crippen LogP contribution in [0.1, 0.15) is 42.7 Å². The topological polar surface area (TPSA) is 55.3 Å². The number of carbonyl (C=O) groups is 1. The molecule has 0 bridgehead atoms. The summed E-state index contributed by atoms with van der Waals surface area (Å²) in [5, 5.41) is 0.380. The van der Waals surface area contributed by atoms with Gasteiger partial charge in [-0.05, 0) is 30.5 Å². The van der Waals surface area contributed by atoms with Crippen molar-refractivity contribution < 1.29 is 13.9 Å². The monoisotopic (exact) mass is 493 g/mol. The molecule has 0 radical (unpaired) electrons. The zero-order valence-electron chi connectivity index (χ0n) is 20.0. The van der Waals surface area contributed by atoms with Crippen LogP contribution in [0.15, 0.2) is 48.7 Å². The largest absolute Gasteiger partial charge is 0.466 e. The summed E-state index contributed by atoms with van der Waals surface area (Å²) in [4.78, 5) is 23.5. The van der Waals surface area contributed by atoms with Gasteiger partial charge < -0.3 is 4.74 Å². The molecule has 2 aromatic carbocycles. The number of ether oxygens (including phenoxy) is 1. The number of aromatic nitrogens is 2. The Morgan fingerprint density at radius 2 is 2.03 bits per heavy atom. The smallest absolute Gasteiger partial charge is 0.306 e. The highest BCUT2D eigenvalue weighted by Gasteiger charge is 2.21. The molecule has 182 valence electrons. The van der Waals surface area contributed by atoms with E-state index in [9.17, 15) is 9.18 Å². The second-order valence-electron chi connectivity index (χ2n) is 8.89. The van der Waals surface area contributed by atoms with Gasteiger partial charge in [0, 0.05) is 60.4 Å². The van der Waals surface area contributed by atoms with E-state index in [1.165, 1.54) is 6.07 Å². The molecule has 0 N–H and O–H groups in total. The van der Waals surface area contributed by atoms with Gasteiger partial charge >= 0.3 is 5.97 Å². The molecule has 0 amide bonds. The fraction of sp³-hybridized carbons (Fsp3) is 0.321. The lowest BCUT2D eigenvalue weighted by Gasteiger charge is -2.30. The van der Waals surface area contributed by atoms with Crippen LogP contribution < -0.4 is 0 Å². The Labute approximate surface area is 210 Å². The minimum Gasteiger partial charge on any atom is -0.466 e. The Bertz CT molecular complexity index is 1210. The standard InChI is InChI=1S/C28H29ClFN3O2/c1-3-35-27(34)14-19(2)17-33-13-12-26-23(18-33)16-31-28(32-26)22-8-5-20(6-9-22)4-7-21-10-11-24(29)15-25(21)30/h4-11,15-16,19H,3,12-14,17-18H2,1-2H3. The van der Waals surface area contributed by atoms with E-state index in [1.807, 2.05) is 43.5 Å². The van der Waals surface area contributed by atoms with Gasteiger partial charge in [0.1, 0.15) is 5.82 Å². The molecule has 3 aromatic rings. The Morgan fingerprint density at radius 1 is 1.23 bits per heavy atom. The van der Waals surface area contributed by atoms with E-state index in [-0.39, 0.29) is 17.7 Å². The molecule has 0 saturated heterocycles. The molecule has 1 atom stereocenters. The maximum Gasteiger partial charge on any atom is 0.306 e. The predicted octanol–water partition coefficient (Wildman–Crippen LogP) is 6.05. The number of nitrogens with zero attached hydrogens (tertiary/aromatic N) is 3. The number of benzene rings is 2. The quantitative estimate of drug-likeness (QED) is 0.282. The van der Waals surface area contributed by atoms with Gasteiger partial charge in [-0.25, -0.2) is 14.4 Å². The Balaban J connectivity index is 1.38. The number of esters is 1. The molecular weight excluding hydrogens is 465 g/mol. The lowest BCUT2D eigenvalue weighted by molar-refractivity contribution is -0.144. The molecule has 0 aliphatic carbocycles. The van der Waals surface area contributed by atoms with Crippen LogP contribution in [0.3, 0.4) is 0 Å². The third-order valence-electron chi connectivity index (χ3n) is 5.99. The average Bonchev–Trinajstić information content (AvgIpc) is 2.83. The van der Waals surface area contributed by atoms with Crippen molar-refractivity contribution in [2.45, 2.75) is 33.2 Å². The highest BCUT2D eigenvalue weighted by Crippen LogP contribution is 2.23. The van der Waals surface area contributed by atoms with Crippen LogP contribution in [0.2, 0.25) is 5.02 Å². The van der Waals surface area contributed by atoms with E-state index in [0.717, 1.165) is 48.4 Å². The van der Waals surface area contributed by atoms with Gasteiger partial charge in [0.05, 0.1) is 12.3 Å². The van der Waals surface area contributed by atoms with E-state index in [1.54, 1.807) is 18.2 Å². The van der Waals surface area contributed by atoms with Crippen molar-refractivity contribution in [2.75, 3.05) is 19.7 Å². The highest BCUT2D eigenvalue weighted by molar-refractivity contribution is 6.30. The zero-order valence-corrected chi connectivity index (χ0v) is 20.8. The minimum absolute atomic E-state index is 0.135. The summed E-state index contributed by atoms with van der Waals surface area (Å²) in [6.45, 7) is 6.86. The molecule has 0 saturated carbocycles.